The molecule has 0 aromatic carbocycles. The van der Waals surface area contributed by atoms with Gasteiger partial charge in [-0.1, -0.05) is 51.2 Å². The van der Waals surface area contributed by atoms with Crippen LogP contribution in [-0.4, -0.2) is 37.7 Å². The molecule has 0 amide bonds. The van der Waals surface area contributed by atoms with Gasteiger partial charge < -0.3 is 4.74 Å². The van der Waals surface area contributed by atoms with Crippen LogP contribution in [0.5, 0.6) is 0 Å². The molecule has 3 aromatic rings. The fourth-order valence-electron chi connectivity index (χ4n) is 3.37. The van der Waals surface area contributed by atoms with Crippen LogP contribution in [-0.2, 0) is 17.8 Å². The monoisotopic (exact) mass is 422 g/mol. The molecule has 4 heterocycles. The van der Waals surface area contributed by atoms with Crippen molar-refractivity contribution < 1.29 is 4.74 Å². The van der Waals surface area contributed by atoms with Crippen molar-refractivity contribution in [3.63, 3.8) is 0 Å². The van der Waals surface area contributed by atoms with E-state index in [4.69, 9.17) is 9.72 Å². The fourth-order valence-corrected chi connectivity index (χ4v) is 6.31. The normalized spacial score (nSPS) is 17.5. The fraction of sp³-hybridized carbons (Fsp3) is 0.632. The van der Waals surface area contributed by atoms with Crippen LogP contribution in [0.4, 0.5) is 0 Å². The molecule has 1 atom stereocenters. The van der Waals surface area contributed by atoms with Crippen LogP contribution in [0.1, 0.15) is 44.6 Å². The number of fused-ring (bicyclic) bond motifs is 5. The molecule has 8 heteroatoms. The Bertz CT molecular complexity index is 963. The van der Waals surface area contributed by atoms with E-state index in [0.717, 1.165) is 33.0 Å². The smallest absolute Gasteiger partial charge is 0.197 e. The van der Waals surface area contributed by atoms with Crippen molar-refractivity contribution in [3.05, 3.63) is 10.4 Å². The van der Waals surface area contributed by atoms with Crippen LogP contribution in [0, 0.1) is 11.8 Å². The summed E-state index contributed by atoms with van der Waals surface area (Å²) in [5, 5.41) is 12.2. The molecule has 3 aromatic heterocycles. The number of aromatic nitrogens is 4. The molecule has 27 heavy (non-hydrogen) atoms. The maximum atomic E-state index is 6.08. The number of ether oxygens (including phenoxy) is 1. The van der Waals surface area contributed by atoms with Gasteiger partial charge in [0.05, 0.1) is 18.1 Å². The lowest BCUT2D eigenvalue weighted by Gasteiger charge is -2.26. The molecule has 0 aliphatic carbocycles. The molecule has 0 saturated carbocycles. The van der Waals surface area contributed by atoms with Crippen LogP contribution in [0.3, 0.4) is 0 Å². The number of rotatable bonds is 6. The molecule has 4 rings (SSSR count). The molecule has 0 unspecified atom stereocenters. The van der Waals surface area contributed by atoms with E-state index in [1.165, 1.54) is 22.2 Å². The second-order valence-corrected chi connectivity index (χ2v) is 10.7. The largest absolute Gasteiger partial charge is 0.372 e. The van der Waals surface area contributed by atoms with Crippen LogP contribution in [0.15, 0.2) is 10.3 Å². The number of thiophene rings is 1. The minimum atomic E-state index is 0.262. The van der Waals surface area contributed by atoms with Gasteiger partial charge in [-0.3, -0.25) is 0 Å². The second-order valence-electron chi connectivity index (χ2n) is 7.75. The summed E-state index contributed by atoms with van der Waals surface area (Å²) >= 11 is 5.19. The molecule has 0 fully saturated rings. The molecule has 5 nitrogen and oxygen atoms in total. The van der Waals surface area contributed by atoms with Gasteiger partial charge in [0.2, 0.25) is 0 Å². The van der Waals surface area contributed by atoms with Crippen molar-refractivity contribution in [2.45, 2.75) is 63.6 Å². The standard InChI is InChI=1S/C19H26N4OS3/c1-10(2)6-7-26-19-22-21-16-15-12-8-13(11(3)4)24-9-14(12)27-17(15)20-18(25-5)23(16)19/h10-11,13H,6-9H2,1-5H3/t13-/m1/s1. The Morgan fingerprint density at radius 3 is 2.74 bits per heavy atom. The van der Waals surface area contributed by atoms with E-state index in [1.807, 2.05) is 0 Å². The minimum Gasteiger partial charge on any atom is -0.372 e. The summed E-state index contributed by atoms with van der Waals surface area (Å²) < 4.78 is 8.23. The average Bonchev–Trinajstić information content (AvgIpc) is 3.21. The highest BCUT2D eigenvalue weighted by Crippen LogP contribution is 2.40. The van der Waals surface area contributed by atoms with Crippen molar-refractivity contribution >= 4 is 50.7 Å². The molecule has 1 aliphatic heterocycles. The summed E-state index contributed by atoms with van der Waals surface area (Å²) in [6, 6.07) is 0. The van der Waals surface area contributed by atoms with Crippen molar-refractivity contribution in [2.24, 2.45) is 11.8 Å². The Kier molecular flexibility index (Phi) is 5.69. The van der Waals surface area contributed by atoms with E-state index in [-0.39, 0.29) is 6.10 Å². The van der Waals surface area contributed by atoms with E-state index in [0.29, 0.717) is 18.4 Å². The van der Waals surface area contributed by atoms with Crippen molar-refractivity contribution in [2.75, 3.05) is 12.0 Å². The van der Waals surface area contributed by atoms with Gasteiger partial charge in [-0.25, -0.2) is 9.38 Å². The highest BCUT2D eigenvalue weighted by Gasteiger charge is 2.28. The van der Waals surface area contributed by atoms with Crippen LogP contribution in [0.2, 0.25) is 0 Å². The van der Waals surface area contributed by atoms with Gasteiger partial charge in [-0.2, -0.15) is 0 Å². The first kappa shape index (κ1) is 19.5. The predicted octanol–water partition coefficient (Wildman–Crippen LogP) is 5.30. The molecule has 0 N–H and O–H groups in total. The lowest BCUT2D eigenvalue weighted by molar-refractivity contribution is 0.00203. The Hall–Kier alpha value is -0.830. The van der Waals surface area contributed by atoms with Crippen LogP contribution < -0.4 is 0 Å². The third-order valence-electron chi connectivity index (χ3n) is 5.00. The zero-order valence-electron chi connectivity index (χ0n) is 16.5. The zero-order chi connectivity index (χ0) is 19.1. The Balaban J connectivity index is 1.82. The summed E-state index contributed by atoms with van der Waals surface area (Å²) in [4.78, 5) is 7.33. The molecule has 0 spiro atoms. The quantitative estimate of drug-likeness (QED) is 0.397. The summed E-state index contributed by atoms with van der Waals surface area (Å²) in [6.07, 6.45) is 4.44. The van der Waals surface area contributed by atoms with Crippen molar-refractivity contribution in [1.82, 2.24) is 19.6 Å². The molecular formula is C19H26N4OS3. The summed E-state index contributed by atoms with van der Waals surface area (Å²) in [5.41, 5.74) is 2.33. The average molecular weight is 423 g/mol. The van der Waals surface area contributed by atoms with E-state index >= 15 is 0 Å². The highest BCUT2D eigenvalue weighted by molar-refractivity contribution is 7.99. The minimum absolute atomic E-state index is 0.262. The first-order chi connectivity index (χ1) is 13.0. The van der Waals surface area contributed by atoms with Gasteiger partial charge in [0.1, 0.15) is 4.83 Å². The van der Waals surface area contributed by atoms with Crippen LogP contribution >= 0.6 is 34.9 Å². The van der Waals surface area contributed by atoms with Gasteiger partial charge in [-0.05, 0) is 30.1 Å². The SMILES string of the molecule is CSc1nc2sc3c(c2c2nnc(SCCC(C)C)n12)C[C@H](C(C)C)OC3. The van der Waals surface area contributed by atoms with Crippen LogP contribution in [0.25, 0.3) is 15.9 Å². The van der Waals surface area contributed by atoms with Gasteiger partial charge in [0.15, 0.2) is 16.0 Å². The molecule has 0 bridgehead atoms. The number of hydrogen-bond donors (Lipinski definition) is 0. The lowest BCUT2D eigenvalue weighted by Crippen LogP contribution is -2.26. The topological polar surface area (TPSA) is 52.3 Å². The third-order valence-corrected chi connectivity index (χ3v) is 7.70. The number of hydrogen-bond acceptors (Lipinski definition) is 7. The predicted molar refractivity (Wildman–Crippen MR) is 115 cm³/mol. The third kappa shape index (κ3) is 3.61. The summed E-state index contributed by atoms with van der Waals surface area (Å²) in [5.74, 6) is 2.25. The number of nitrogens with zero attached hydrogens (tertiary/aromatic N) is 4. The van der Waals surface area contributed by atoms with Gasteiger partial charge >= 0.3 is 0 Å². The zero-order valence-corrected chi connectivity index (χ0v) is 18.9. The first-order valence-corrected chi connectivity index (χ1v) is 12.5. The molecule has 0 saturated heterocycles. The van der Waals surface area contributed by atoms with Gasteiger partial charge in [-0.15, -0.1) is 21.5 Å². The van der Waals surface area contributed by atoms with E-state index < -0.39 is 0 Å². The Morgan fingerprint density at radius 2 is 2.04 bits per heavy atom. The van der Waals surface area contributed by atoms with Crippen molar-refractivity contribution in [3.8, 4) is 0 Å². The molecule has 0 radical (unpaired) electrons. The van der Waals surface area contributed by atoms with E-state index in [9.17, 15) is 0 Å². The van der Waals surface area contributed by atoms with Gasteiger partial charge in [0.25, 0.3) is 0 Å². The maximum Gasteiger partial charge on any atom is 0.197 e. The molecule has 146 valence electrons. The second kappa shape index (κ2) is 7.89. The Morgan fingerprint density at radius 1 is 1.22 bits per heavy atom. The van der Waals surface area contributed by atoms with Crippen molar-refractivity contribution in [1.29, 1.82) is 0 Å². The van der Waals surface area contributed by atoms with Gasteiger partial charge in [0, 0.05) is 17.1 Å². The maximum absolute atomic E-state index is 6.08. The van der Waals surface area contributed by atoms with E-state index in [2.05, 4.69) is 48.5 Å². The van der Waals surface area contributed by atoms with E-state index in [1.54, 1.807) is 34.9 Å². The number of thioether (sulfide) groups is 2. The first-order valence-electron chi connectivity index (χ1n) is 9.47. The molecular weight excluding hydrogens is 396 g/mol. The molecule has 1 aliphatic rings. The summed E-state index contributed by atoms with van der Waals surface area (Å²) in [7, 11) is 0. The highest BCUT2D eigenvalue weighted by atomic mass is 32.2. The lowest BCUT2D eigenvalue weighted by atomic mass is 9.96. The summed E-state index contributed by atoms with van der Waals surface area (Å²) in [6.45, 7) is 9.65. The Labute approximate surface area is 172 Å².